The number of fused-ring (bicyclic) bond motifs is 3. The number of hydrogen-bond acceptors (Lipinski definition) is 6. The zero-order chi connectivity index (χ0) is 23.1. The van der Waals surface area contributed by atoms with Gasteiger partial charge in [-0.2, -0.15) is 0 Å². The van der Waals surface area contributed by atoms with E-state index in [0.29, 0.717) is 23.0 Å². The third-order valence-electron chi connectivity index (χ3n) is 6.09. The molecule has 2 heterocycles. The zero-order valence-corrected chi connectivity index (χ0v) is 20.6. The average molecular weight is 527 g/mol. The van der Waals surface area contributed by atoms with Gasteiger partial charge in [0.05, 0.1) is 18.2 Å². The van der Waals surface area contributed by atoms with Gasteiger partial charge in [-0.15, -0.1) is 11.3 Å². The molecule has 0 radical (unpaired) electrons. The van der Waals surface area contributed by atoms with E-state index in [9.17, 15) is 9.59 Å². The van der Waals surface area contributed by atoms with Gasteiger partial charge in [0.2, 0.25) is 0 Å². The first kappa shape index (κ1) is 22.0. The summed E-state index contributed by atoms with van der Waals surface area (Å²) in [7, 11) is 1.52. The van der Waals surface area contributed by atoms with Gasteiger partial charge in [-0.1, -0.05) is 28.9 Å². The summed E-state index contributed by atoms with van der Waals surface area (Å²) >= 11 is 5.04. The molecule has 8 heteroatoms. The number of carbonyl (C=O) groups is 2. The fourth-order valence-corrected chi connectivity index (χ4v) is 6.02. The molecule has 0 saturated carbocycles. The van der Waals surface area contributed by atoms with Gasteiger partial charge in [0, 0.05) is 9.35 Å². The Bertz CT molecular complexity index is 1240. The van der Waals surface area contributed by atoms with Crippen molar-refractivity contribution in [3.05, 3.63) is 74.1 Å². The monoisotopic (exact) mass is 526 g/mol. The Morgan fingerprint density at radius 1 is 1.12 bits per heavy atom. The Labute approximate surface area is 204 Å². The summed E-state index contributed by atoms with van der Waals surface area (Å²) < 4.78 is 11.9. The molecule has 0 spiro atoms. The fraction of sp³-hybridized carbons (Fsp3) is 0.280. The molecule has 0 saturated heterocycles. The molecule has 0 unspecified atom stereocenters. The quantitative estimate of drug-likeness (QED) is 0.336. The van der Waals surface area contributed by atoms with E-state index < -0.39 is 12.1 Å². The number of carbonyl (C=O) groups excluding carboxylic acids is 2. The van der Waals surface area contributed by atoms with Crippen LogP contribution >= 0.6 is 27.3 Å². The second-order valence-electron chi connectivity index (χ2n) is 8.41. The Balaban J connectivity index is 1.38. The highest BCUT2D eigenvalue weighted by Crippen LogP contribution is 2.43. The number of benzene rings is 2. The van der Waals surface area contributed by atoms with Crippen molar-refractivity contribution in [2.24, 2.45) is 5.92 Å². The zero-order valence-electron chi connectivity index (χ0n) is 18.2. The number of rotatable bonds is 4. The van der Waals surface area contributed by atoms with E-state index in [4.69, 9.17) is 9.47 Å². The first-order valence-corrected chi connectivity index (χ1v) is 12.4. The number of methoxy groups -OCH3 is 1. The third kappa shape index (κ3) is 4.25. The topological polar surface area (TPSA) is 76.7 Å². The highest BCUT2D eigenvalue weighted by molar-refractivity contribution is 9.10. The number of hydrogen-bond donors (Lipinski definition) is 2. The molecule has 0 fully saturated rings. The standard InChI is InChI=1S/C25H23BrN2O4S/c1-13-3-9-17-20(11-13)33-24-21(17)23(29)27-22(28-24)15-6-10-18(19(12-15)31-2)32-25(30)14-4-7-16(26)8-5-14/h4-8,10,12-13,22,28H,3,9,11H2,1-2H3,(H,27,29)/t13-,22+/m1/s1. The molecule has 2 N–H and O–H groups in total. The van der Waals surface area contributed by atoms with Gasteiger partial charge >= 0.3 is 5.97 Å². The van der Waals surface area contributed by atoms with E-state index in [1.165, 1.54) is 17.6 Å². The van der Waals surface area contributed by atoms with Crippen LogP contribution in [0.5, 0.6) is 11.5 Å². The van der Waals surface area contributed by atoms with E-state index >= 15 is 0 Å². The minimum atomic E-state index is -0.472. The molecular weight excluding hydrogens is 504 g/mol. The molecule has 170 valence electrons. The third-order valence-corrected chi connectivity index (χ3v) is 7.81. The molecule has 6 nitrogen and oxygen atoms in total. The predicted octanol–water partition coefficient (Wildman–Crippen LogP) is 5.72. The molecule has 3 aromatic rings. The molecule has 2 aliphatic rings. The van der Waals surface area contributed by atoms with Crippen molar-refractivity contribution in [1.29, 1.82) is 0 Å². The molecule has 5 rings (SSSR count). The van der Waals surface area contributed by atoms with Crippen molar-refractivity contribution < 1.29 is 19.1 Å². The lowest BCUT2D eigenvalue weighted by molar-refractivity contribution is 0.0729. The Morgan fingerprint density at radius 3 is 2.67 bits per heavy atom. The summed E-state index contributed by atoms with van der Waals surface area (Å²) in [6.07, 6.45) is 2.70. The molecule has 2 atom stereocenters. The lowest BCUT2D eigenvalue weighted by Crippen LogP contribution is -2.38. The van der Waals surface area contributed by atoms with E-state index in [1.54, 1.807) is 47.7 Å². The molecule has 1 amide bonds. The second-order valence-corrected chi connectivity index (χ2v) is 10.4. The minimum Gasteiger partial charge on any atom is -0.493 e. The Kier molecular flexibility index (Phi) is 5.88. The summed E-state index contributed by atoms with van der Waals surface area (Å²) in [5.41, 5.74) is 3.25. The number of halogens is 1. The molecular formula is C25H23BrN2O4S. The van der Waals surface area contributed by atoms with Crippen LogP contribution in [0.25, 0.3) is 0 Å². The normalized spacial score (nSPS) is 19.1. The smallest absolute Gasteiger partial charge is 0.343 e. The lowest BCUT2D eigenvalue weighted by Gasteiger charge is -2.27. The highest BCUT2D eigenvalue weighted by Gasteiger charge is 2.33. The maximum absolute atomic E-state index is 13.0. The summed E-state index contributed by atoms with van der Waals surface area (Å²) in [5.74, 6) is 0.858. The van der Waals surface area contributed by atoms with Crippen LogP contribution in [0, 0.1) is 5.92 Å². The average Bonchev–Trinajstić information content (AvgIpc) is 3.17. The first-order valence-electron chi connectivity index (χ1n) is 10.8. The Hall–Kier alpha value is -2.84. The van der Waals surface area contributed by atoms with E-state index in [-0.39, 0.29) is 5.91 Å². The van der Waals surface area contributed by atoms with Crippen LogP contribution in [0.1, 0.15) is 56.2 Å². The van der Waals surface area contributed by atoms with Crippen molar-refractivity contribution >= 4 is 44.1 Å². The van der Waals surface area contributed by atoms with E-state index in [2.05, 4.69) is 33.5 Å². The van der Waals surface area contributed by atoms with Crippen LogP contribution in [0.2, 0.25) is 0 Å². The number of esters is 1. The van der Waals surface area contributed by atoms with Crippen LogP contribution in [0.15, 0.2) is 46.9 Å². The van der Waals surface area contributed by atoms with E-state index in [1.807, 2.05) is 6.07 Å². The largest absolute Gasteiger partial charge is 0.493 e. The van der Waals surface area contributed by atoms with Crippen LogP contribution < -0.4 is 20.1 Å². The van der Waals surface area contributed by atoms with Gasteiger partial charge in [-0.25, -0.2) is 4.79 Å². The number of amides is 1. The van der Waals surface area contributed by atoms with Crippen LogP contribution in [-0.2, 0) is 12.8 Å². The van der Waals surface area contributed by atoms with Gasteiger partial charge in [0.1, 0.15) is 11.2 Å². The number of anilines is 1. The minimum absolute atomic E-state index is 0.0505. The van der Waals surface area contributed by atoms with Gasteiger partial charge in [0.25, 0.3) is 5.91 Å². The van der Waals surface area contributed by atoms with Crippen LogP contribution in [-0.4, -0.2) is 19.0 Å². The van der Waals surface area contributed by atoms with Gasteiger partial charge in [-0.05, 0) is 72.7 Å². The van der Waals surface area contributed by atoms with Crippen molar-refractivity contribution in [2.45, 2.75) is 32.4 Å². The Morgan fingerprint density at radius 2 is 1.91 bits per heavy atom. The molecule has 1 aromatic heterocycles. The van der Waals surface area contributed by atoms with Crippen LogP contribution in [0.4, 0.5) is 5.00 Å². The molecule has 1 aliphatic carbocycles. The maximum atomic E-state index is 13.0. The van der Waals surface area contributed by atoms with Crippen molar-refractivity contribution in [3.8, 4) is 11.5 Å². The first-order chi connectivity index (χ1) is 15.9. The van der Waals surface area contributed by atoms with Crippen molar-refractivity contribution in [2.75, 3.05) is 12.4 Å². The fourth-order valence-electron chi connectivity index (χ4n) is 4.32. The predicted molar refractivity (Wildman–Crippen MR) is 131 cm³/mol. The number of thiophene rings is 1. The summed E-state index contributed by atoms with van der Waals surface area (Å²) in [4.78, 5) is 26.8. The molecule has 1 aliphatic heterocycles. The van der Waals surface area contributed by atoms with Gasteiger partial charge in [0.15, 0.2) is 11.5 Å². The molecule has 2 aromatic carbocycles. The summed E-state index contributed by atoms with van der Waals surface area (Å²) in [6.45, 7) is 2.26. The summed E-state index contributed by atoms with van der Waals surface area (Å²) in [5, 5.41) is 7.47. The van der Waals surface area contributed by atoms with Crippen molar-refractivity contribution in [3.63, 3.8) is 0 Å². The van der Waals surface area contributed by atoms with Crippen molar-refractivity contribution in [1.82, 2.24) is 5.32 Å². The number of nitrogens with one attached hydrogen (secondary N) is 2. The lowest BCUT2D eigenvalue weighted by atomic mass is 9.88. The molecule has 33 heavy (non-hydrogen) atoms. The molecule has 0 bridgehead atoms. The van der Waals surface area contributed by atoms with Crippen LogP contribution in [0.3, 0.4) is 0 Å². The summed E-state index contributed by atoms with van der Waals surface area (Å²) in [6, 6.07) is 12.2. The maximum Gasteiger partial charge on any atom is 0.343 e. The SMILES string of the molecule is COc1cc([C@H]2NC(=O)c3c(sc4c3CC[C@@H](C)C4)N2)ccc1OC(=O)c1ccc(Br)cc1. The highest BCUT2D eigenvalue weighted by atomic mass is 79.9. The second kappa shape index (κ2) is 8.83. The van der Waals surface area contributed by atoms with Gasteiger partial charge < -0.3 is 20.1 Å². The van der Waals surface area contributed by atoms with Gasteiger partial charge in [-0.3, -0.25) is 4.79 Å². The van der Waals surface area contributed by atoms with E-state index in [0.717, 1.165) is 39.9 Å². The number of ether oxygens (including phenoxy) is 2.